The first-order valence-corrected chi connectivity index (χ1v) is 11.4. The average molecular weight is 463 g/mol. The molecule has 9 nitrogen and oxygen atoms in total. The van der Waals surface area contributed by atoms with Gasteiger partial charge < -0.3 is 33.2 Å². The monoisotopic (exact) mass is 462 g/mol. The standard InChI is InChI=1S/C24H34N2O7/c1-3-21-19-32-17-15-30-13-11-28-9-7-27-8-10-29-12-14-31-16-18-33-20-22-4-2-6-24(26-22)23(5-1)25-21/h1-6H,7-20H2. The summed E-state index contributed by atoms with van der Waals surface area (Å²) >= 11 is 0. The van der Waals surface area contributed by atoms with Crippen molar-refractivity contribution >= 4 is 0 Å². The van der Waals surface area contributed by atoms with E-state index in [-0.39, 0.29) is 0 Å². The van der Waals surface area contributed by atoms with Crippen molar-refractivity contribution in [2.24, 2.45) is 0 Å². The van der Waals surface area contributed by atoms with Crippen LogP contribution in [0.4, 0.5) is 0 Å². The first kappa shape index (κ1) is 25.6. The van der Waals surface area contributed by atoms with Crippen LogP contribution in [-0.4, -0.2) is 89.3 Å². The van der Waals surface area contributed by atoms with Gasteiger partial charge in [0.1, 0.15) is 0 Å². The lowest BCUT2D eigenvalue weighted by Gasteiger charge is -2.08. The Morgan fingerprint density at radius 3 is 1.03 bits per heavy atom. The largest absolute Gasteiger partial charge is 0.377 e. The van der Waals surface area contributed by atoms with Gasteiger partial charge in [-0.05, 0) is 24.3 Å². The van der Waals surface area contributed by atoms with Crippen LogP contribution in [0.2, 0.25) is 0 Å². The maximum atomic E-state index is 5.69. The Bertz CT molecular complexity index is 714. The van der Waals surface area contributed by atoms with Crippen LogP contribution in [-0.2, 0) is 46.4 Å². The van der Waals surface area contributed by atoms with Gasteiger partial charge >= 0.3 is 0 Å². The molecule has 0 saturated heterocycles. The van der Waals surface area contributed by atoms with Gasteiger partial charge in [0.2, 0.25) is 0 Å². The van der Waals surface area contributed by atoms with Crippen LogP contribution < -0.4 is 0 Å². The van der Waals surface area contributed by atoms with Crippen LogP contribution in [0, 0.1) is 0 Å². The quantitative estimate of drug-likeness (QED) is 0.585. The van der Waals surface area contributed by atoms with Crippen LogP contribution in [0.15, 0.2) is 36.4 Å². The van der Waals surface area contributed by atoms with Gasteiger partial charge in [0, 0.05) is 0 Å². The van der Waals surface area contributed by atoms with E-state index >= 15 is 0 Å². The van der Waals surface area contributed by atoms with Crippen molar-refractivity contribution in [1.82, 2.24) is 9.97 Å². The second kappa shape index (κ2) is 16.6. The van der Waals surface area contributed by atoms with E-state index < -0.39 is 0 Å². The number of pyridine rings is 2. The summed E-state index contributed by atoms with van der Waals surface area (Å²) in [7, 11) is 0. The molecule has 1 aliphatic heterocycles. The van der Waals surface area contributed by atoms with Gasteiger partial charge in [0.05, 0.1) is 115 Å². The zero-order valence-corrected chi connectivity index (χ0v) is 19.1. The Labute approximate surface area is 195 Å². The minimum absolute atomic E-state index is 0.414. The zero-order chi connectivity index (χ0) is 22.8. The molecule has 0 saturated carbocycles. The molecule has 3 rings (SSSR count). The van der Waals surface area contributed by atoms with Crippen LogP contribution in [0.25, 0.3) is 11.4 Å². The van der Waals surface area contributed by atoms with Gasteiger partial charge in [0.15, 0.2) is 0 Å². The fourth-order valence-corrected chi connectivity index (χ4v) is 2.98. The second-order valence-electron chi connectivity index (χ2n) is 7.20. The first-order chi connectivity index (χ1) is 16.4. The van der Waals surface area contributed by atoms with E-state index in [0.29, 0.717) is 92.5 Å². The fraction of sp³-hybridized carbons (Fsp3) is 0.583. The summed E-state index contributed by atoms with van der Waals surface area (Å²) in [5.74, 6) is 0. The van der Waals surface area contributed by atoms with Crippen molar-refractivity contribution in [3.63, 3.8) is 0 Å². The van der Waals surface area contributed by atoms with Gasteiger partial charge in [-0.2, -0.15) is 0 Å². The Kier molecular flexibility index (Phi) is 12.9. The van der Waals surface area contributed by atoms with Crippen molar-refractivity contribution in [3.05, 3.63) is 47.8 Å². The third-order valence-corrected chi connectivity index (χ3v) is 4.61. The lowest BCUT2D eigenvalue weighted by molar-refractivity contribution is -0.0219. The summed E-state index contributed by atoms with van der Waals surface area (Å²) in [6.07, 6.45) is 0. The molecule has 0 radical (unpaired) electrons. The van der Waals surface area contributed by atoms with Crippen molar-refractivity contribution in [2.45, 2.75) is 13.2 Å². The molecule has 0 fully saturated rings. The van der Waals surface area contributed by atoms with Crippen molar-refractivity contribution in [1.29, 1.82) is 0 Å². The molecule has 2 aromatic rings. The first-order valence-electron chi connectivity index (χ1n) is 11.4. The van der Waals surface area contributed by atoms with E-state index in [9.17, 15) is 0 Å². The summed E-state index contributed by atoms with van der Waals surface area (Å²) in [5, 5.41) is 0. The fourth-order valence-electron chi connectivity index (χ4n) is 2.98. The molecule has 1 aliphatic rings. The predicted octanol–water partition coefficient (Wildman–Crippen LogP) is 2.27. The minimum atomic E-state index is 0.414. The summed E-state index contributed by atoms with van der Waals surface area (Å²) in [4.78, 5) is 9.34. The molecule has 3 heterocycles. The number of hydrogen-bond acceptors (Lipinski definition) is 9. The number of fused-ring (bicyclic) bond motifs is 5. The second-order valence-corrected chi connectivity index (χ2v) is 7.20. The van der Waals surface area contributed by atoms with Gasteiger partial charge in [-0.25, -0.2) is 9.97 Å². The molecule has 33 heavy (non-hydrogen) atoms. The Morgan fingerprint density at radius 1 is 0.394 bits per heavy atom. The third-order valence-electron chi connectivity index (χ3n) is 4.61. The molecule has 0 aromatic carbocycles. The van der Waals surface area contributed by atoms with Gasteiger partial charge in [-0.1, -0.05) is 12.1 Å². The molecule has 9 heteroatoms. The van der Waals surface area contributed by atoms with Gasteiger partial charge in [-0.15, -0.1) is 0 Å². The summed E-state index contributed by atoms with van der Waals surface area (Å²) < 4.78 is 38.8. The molecular weight excluding hydrogens is 428 g/mol. The summed E-state index contributed by atoms with van der Waals surface area (Å²) in [6.45, 7) is 7.03. The van der Waals surface area contributed by atoms with Crippen molar-refractivity contribution in [2.75, 3.05) is 79.3 Å². The van der Waals surface area contributed by atoms with E-state index in [0.717, 1.165) is 22.8 Å². The highest BCUT2D eigenvalue weighted by atomic mass is 16.6. The molecule has 182 valence electrons. The summed E-state index contributed by atoms with van der Waals surface area (Å²) in [5.41, 5.74) is 3.29. The predicted molar refractivity (Wildman–Crippen MR) is 121 cm³/mol. The average Bonchev–Trinajstić information content (AvgIpc) is 2.85. The van der Waals surface area contributed by atoms with E-state index in [1.54, 1.807) is 0 Å². The highest BCUT2D eigenvalue weighted by Crippen LogP contribution is 2.16. The van der Waals surface area contributed by atoms with Crippen molar-refractivity contribution < 1.29 is 33.2 Å². The van der Waals surface area contributed by atoms with Gasteiger partial charge in [0.25, 0.3) is 0 Å². The maximum absolute atomic E-state index is 5.69. The molecule has 0 unspecified atom stereocenters. The zero-order valence-electron chi connectivity index (χ0n) is 19.1. The highest BCUT2D eigenvalue weighted by molar-refractivity contribution is 5.54. The molecule has 0 N–H and O–H groups in total. The highest BCUT2D eigenvalue weighted by Gasteiger charge is 2.05. The number of rotatable bonds is 0. The topological polar surface area (TPSA) is 90.4 Å². The molecular formula is C24H34N2O7. The number of aromatic nitrogens is 2. The Morgan fingerprint density at radius 2 is 0.697 bits per heavy atom. The Hall–Kier alpha value is -1.98. The lowest BCUT2D eigenvalue weighted by atomic mass is 10.2. The van der Waals surface area contributed by atoms with E-state index in [1.165, 1.54) is 0 Å². The minimum Gasteiger partial charge on any atom is -0.377 e. The molecule has 0 aliphatic carbocycles. The molecule has 4 bridgehead atoms. The number of ether oxygens (including phenoxy) is 7. The maximum Gasteiger partial charge on any atom is 0.0890 e. The molecule has 0 amide bonds. The van der Waals surface area contributed by atoms with Gasteiger partial charge in [-0.3, -0.25) is 0 Å². The smallest absolute Gasteiger partial charge is 0.0890 e. The number of nitrogens with zero attached hydrogens (tertiary/aromatic N) is 2. The SMILES string of the molecule is c1cc2nc(c1)-c1cccc(n1)COCCOCCOCCOCCOCCOCCOC2. The summed E-state index contributed by atoms with van der Waals surface area (Å²) in [6, 6.07) is 11.7. The van der Waals surface area contributed by atoms with E-state index in [1.807, 2.05) is 36.4 Å². The molecule has 0 spiro atoms. The third kappa shape index (κ3) is 11.1. The van der Waals surface area contributed by atoms with E-state index in [4.69, 9.17) is 33.2 Å². The van der Waals surface area contributed by atoms with Crippen LogP contribution in [0.3, 0.4) is 0 Å². The molecule has 2 aromatic heterocycles. The normalized spacial score (nSPS) is 19.4. The van der Waals surface area contributed by atoms with Crippen LogP contribution in [0.1, 0.15) is 11.4 Å². The van der Waals surface area contributed by atoms with Crippen LogP contribution in [0.5, 0.6) is 0 Å². The number of hydrogen-bond donors (Lipinski definition) is 0. The molecule has 0 atom stereocenters. The van der Waals surface area contributed by atoms with Crippen molar-refractivity contribution in [3.8, 4) is 11.4 Å². The van der Waals surface area contributed by atoms with Crippen LogP contribution >= 0.6 is 0 Å². The Balaban J connectivity index is 1.48. The lowest BCUT2D eigenvalue weighted by Crippen LogP contribution is -2.14. The van der Waals surface area contributed by atoms with E-state index in [2.05, 4.69) is 9.97 Å².